The molecule has 574 valence electrons. The number of carboxylic acids is 1. The van der Waals surface area contributed by atoms with Crippen LogP contribution in [0.25, 0.3) is 22.1 Å². The minimum absolute atomic E-state index is 0. The molecule has 4 fully saturated rings. The molecule has 4 aliphatic rings. The fourth-order valence-electron chi connectivity index (χ4n) is 12.1. The molecule has 4 aromatic heterocycles. The molecule has 4 saturated carbocycles. The number of carboxylic acid groups (broad SMARTS) is 1. The lowest BCUT2D eigenvalue weighted by Gasteiger charge is -2.41. The second kappa shape index (κ2) is 43.4. The monoisotopic (exact) mass is 1540 g/mol. The van der Waals surface area contributed by atoms with Crippen molar-refractivity contribution in [3.05, 3.63) is 294 Å². The first-order valence-corrected chi connectivity index (χ1v) is 36.7. The van der Waals surface area contributed by atoms with Gasteiger partial charge in [-0.1, -0.05) is 169 Å². The third-order valence-corrected chi connectivity index (χ3v) is 19.3. The van der Waals surface area contributed by atoms with E-state index in [9.17, 15) is 38.7 Å². The summed E-state index contributed by atoms with van der Waals surface area (Å²) in [5.41, 5.74) is 5.87. The van der Waals surface area contributed by atoms with Crippen LogP contribution in [0.5, 0.6) is 0 Å². The number of pyridine rings is 4. The number of aliphatic carboxylic acids is 1. The minimum Gasteiger partial charge on any atom is -0.480 e. The molecule has 0 atom stereocenters. The number of aliphatic hydroxyl groups is 2. The number of hydrogen-bond acceptors (Lipinski definition) is 16. The van der Waals surface area contributed by atoms with E-state index in [2.05, 4.69) is 110 Å². The quantitative estimate of drug-likeness (QED) is 0.0313. The summed E-state index contributed by atoms with van der Waals surface area (Å²) in [5.74, 6) is -2.28. The zero-order chi connectivity index (χ0) is 76.9. The molecular weight excluding hydrogens is 1450 g/mol. The third kappa shape index (κ3) is 26.5. The van der Waals surface area contributed by atoms with Gasteiger partial charge in [-0.3, -0.25) is 47.6 Å². The van der Waals surface area contributed by atoms with Crippen LogP contribution in [-0.4, -0.2) is 144 Å². The van der Waals surface area contributed by atoms with Gasteiger partial charge in [-0.05, 0) is 154 Å². The number of fused-ring (bicyclic) bond motifs is 2. The predicted octanol–water partition coefficient (Wildman–Crippen LogP) is 11.4. The first-order valence-electron chi connectivity index (χ1n) is 36.0. The molecule has 0 spiro atoms. The Balaban J connectivity index is 0.000000175. The van der Waals surface area contributed by atoms with Crippen molar-refractivity contribution in [3.8, 4) is 0 Å². The van der Waals surface area contributed by atoms with Crippen molar-refractivity contribution in [1.29, 1.82) is 0 Å². The van der Waals surface area contributed by atoms with Gasteiger partial charge in [0, 0.05) is 97.4 Å². The first kappa shape index (κ1) is 84.8. The van der Waals surface area contributed by atoms with Crippen molar-refractivity contribution in [2.24, 2.45) is 0 Å². The lowest BCUT2D eigenvalue weighted by molar-refractivity contribution is -0.138. The van der Waals surface area contributed by atoms with Gasteiger partial charge in [0.25, 0.3) is 22.9 Å². The molecular formula is C84H95Cl3N10O12. The summed E-state index contributed by atoms with van der Waals surface area (Å²) in [6.45, 7) is 2.96. The summed E-state index contributed by atoms with van der Waals surface area (Å²) in [6, 6.07) is 66.2. The van der Waals surface area contributed by atoms with E-state index >= 15 is 0 Å². The Morgan fingerprint density at radius 2 is 0.917 bits per heavy atom. The zero-order valence-electron chi connectivity index (χ0n) is 61.5. The van der Waals surface area contributed by atoms with E-state index in [0.29, 0.717) is 82.7 Å². The summed E-state index contributed by atoms with van der Waals surface area (Å²) >= 11 is 11.7. The van der Waals surface area contributed by atoms with Gasteiger partial charge in [0.05, 0.1) is 37.6 Å². The van der Waals surface area contributed by atoms with Crippen LogP contribution in [0.15, 0.2) is 228 Å². The van der Waals surface area contributed by atoms with Crippen molar-refractivity contribution in [2.45, 2.75) is 146 Å². The SMILES string of the molecule is CN(C(=O)Cn1c(=O)c(C(=O)NCc2ccc(Cl)cc2)cc2cccnc21)C1CC(O)C1.CN(Cc1ccccc1)C1CC(OCc2ccccc2)C1.CNC1CC(O)C1.CNCc1ccccc1.Cl.O=C(O)Cn1c(=O)c(C(=O)NCc2ccc(Cl)cc2)cc2cccnc21.O=C1CC(OCc2ccccc2)C1. The topological polar surface area (TPSA) is 289 Å². The highest BCUT2D eigenvalue weighted by Gasteiger charge is 2.35. The summed E-state index contributed by atoms with van der Waals surface area (Å²) in [7, 11) is 7.75. The number of aromatic nitrogens is 4. The van der Waals surface area contributed by atoms with Crippen LogP contribution < -0.4 is 32.4 Å². The van der Waals surface area contributed by atoms with E-state index < -0.39 is 41.6 Å². The Kier molecular flexibility index (Phi) is 33.8. The minimum atomic E-state index is -1.20. The number of likely N-dealkylation sites (N-methyl/N-ethyl adjacent to an activating group) is 1. The smallest absolute Gasteiger partial charge is 0.323 e. The Bertz CT molecular complexity index is 4640. The Hall–Kier alpha value is -9.82. The fraction of sp³-hybridized carbons (Fsp3) is 0.321. The van der Waals surface area contributed by atoms with Gasteiger partial charge < -0.3 is 51.0 Å². The number of nitrogens with one attached hydrogen (secondary N) is 4. The highest BCUT2D eigenvalue weighted by Crippen LogP contribution is 2.30. The molecule has 4 aliphatic carbocycles. The highest BCUT2D eigenvalue weighted by molar-refractivity contribution is 6.30. The maximum atomic E-state index is 13.2. The average molecular weight is 1540 g/mol. The molecule has 7 N–H and O–H groups in total. The number of rotatable bonds is 23. The summed E-state index contributed by atoms with van der Waals surface area (Å²) in [4.78, 5) is 97.9. The number of ether oxygens (including phenoxy) is 2. The standard InChI is InChI=1S/C23H23ClN4O4.C19H23NO.C18H14ClN3O4.C11H12O2.C8H11N.C5H11NO.ClH/c1-27(17-10-18(29)11-17)20(30)13-28-21-15(3-2-8-25-21)9-19(23(28)32)22(31)26-12-14-4-6-16(24)7-5-14;1-20(14-16-8-4-2-5-9-16)18-12-19(13-18)21-15-17-10-6-3-7-11-17;19-13-5-3-11(4-6-13)9-21-17(25)14-8-12-2-1-7-20-16(12)22(18(14)26)10-15(23)24;12-10-6-11(7-10)13-8-9-4-2-1-3-5-9;1-9-7-8-5-3-2-4-6-8;1-6-4-2-5(7)3-4;/h2-9,17-18,29H,10-13H2,1H3,(H,26,31);2-11,18-19H,12-15H2,1H3;1-8H,9-10H2,(H,21,25)(H,23,24);1-5,11H,6-8H2;2-6,9H,7H2,1H3;4-7H,2-3H2,1H3;1H. The van der Waals surface area contributed by atoms with E-state index in [1.54, 1.807) is 84.7 Å². The van der Waals surface area contributed by atoms with E-state index in [0.717, 1.165) is 61.1 Å². The lowest BCUT2D eigenvalue weighted by Crippen LogP contribution is -2.49. The van der Waals surface area contributed by atoms with E-state index in [1.165, 1.54) is 51.3 Å². The van der Waals surface area contributed by atoms with Crippen LogP contribution in [0.1, 0.15) is 105 Å². The molecule has 3 amide bonds. The molecule has 14 rings (SSSR count). The number of amides is 3. The van der Waals surface area contributed by atoms with Crippen LogP contribution in [0, 0.1) is 0 Å². The number of carbonyl (C=O) groups excluding carboxylic acids is 4. The number of aliphatic hydroxyl groups excluding tert-OH is 2. The van der Waals surface area contributed by atoms with Gasteiger partial charge in [-0.15, -0.1) is 12.4 Å². The van der Waals surface area contributed by atoms with Crippen LogP contribution in [0.3, 0.4) is 0 Å². The molecule has 10 aromatic rings. The largest absolute Gasteiger partial charge is 0.480 e. The van der Waals surface area contributed by atoms with Crippen molar-refractivity contribution in [2.75, 3.05) is 28.2 Å². The number of hydrogen-bond donors (Lipinski definition) is 7. The van der Waals surface area contributed by atoms with Crippen molar-refractivity contribution >= 4 is 87.1 Å². The number of halogens is 3. The first-order chi connectivity index (χ1) is 52.2. The van der Waals surface area contributed by atoms with E-state index in [4.69, 9.17) is 42.9 Å². The molecule has 6 aromatic carbocycles. The molecule has 4 heterocycles. The molecule has 22 nitrogen and oxygen atoms in total. The van der Waals surface area contributed by atoms with Gasteiger partial charge in [-0.2, -0.15) is 0 Å². The number of Topliss-reactive ketones (excluding diaryl/α,β-unsaturated/α-hetero) is 1. The number of benzene rings is 6. The maximum Gasteiger partial charge on any atom is 0.323 e. The van der Waals surface area contributed by atoms with Crippen molar-refractivity contribution < 1.29 is 48.8 Å². The Morgan fingerprint density at radius 3 is 1.32 bits per heavy atom. The Morgan fingerprint density at radius 1 is 0.505 bits per heavy atom. The summed E-state index contributed by atoms with van der Waals surface area (Å²) < 4.78 is 13.7. The summed E-state index contributed by atoms with van der Waals surface area (Å²) in [5, 5.41) is 41.1. The molecule has 0 aliphatic heterocycles. The second-order valence-electron chi connectivity index (χ2n) is 27.0. The number of ketones is 1. The van der Waals surface area contributed by atoms with Crippen LogP contribution in [0.2, 0.25) is 10.0 Å². The predicted molar refractivity (Wildman–Crippen MR) is 426 cm³/mol. The molecule has 0 unspecified atom stereocenters. The normalized spacial score (nSPS) is 17.2. The van der Waals surface area contributed by atoms with Gasteiger partial charge in [0.2, 0.25) is 5.91 Å². The zero-order valence-corrected chi connectivity index (χ0v) is 63.8. The van der Waals surface area contributed by atoms with Crippen molar-refractivity contribution in [1.82, 2.24) is 50.2 Å². The molecule has 109 heavy (non-hydrogen) atoms. The maximum absolute atomic E-state index is 13.2. The van der Waals surface area contributed by atoms with Gasteiger partial charge in [-0.25, -0.2) is 9.97 Å². The molecule has 25 heteroatoms. The van der Waals surface area contributed by atoms with Crippen molar-refractivity contribution in [3.63, 3.8) is 0 Å². The third-order valence-electron chi connectivity index (χ3n) is 18.8. The van der Waals surface area contributed by atoms with Gasteiger partial charge >= 0.3 is 5.97 Å². The summed E-state index contributed by atoms with van der Waals surface area (Å²) in [6.07, 6.45) is 9.60. The second-order valence-corrected chi connectivity index (χ2v) is 27.8. The average Bonchev–Trinajstić information content (AvgIpc) is 0.782. The van der Waals surface area contributed by atoms with Crippen LogP contribution >= 0.6 is 35.6 Å². The molecule has 0 saturated heterocycles. The van der Waals surface area contributed by atoms with Crippen LogP contribution in [-0.2, 0) is 76.3 Å². The Labute approximate surface area is 650 Å². The van der Waals surface area contributed by atoms with E-state index in [1.807, 2.05) is 68.7 Å². The van der Waals surface area contributed by atoms with Gasteiger partial charge in [0.15, 0.2) is 0 Å². The number of nitrogens with zero attached hydrogens (tertiary/aromatic N) is 6. The molecule has 0 radical (unpaired) electrons. The lowest BCUT2D eigenvalue weighted by atomic mass is 9.88. The van der Waals surface area contributed by atoms with Crippen LogP contribution in [0.4, 0.5) is 0 Å². The number of carbonyl (C=O) groups is 5. The highest BCUT2D eigenvalue weighted by atomic mass is 35.5. The van der Waals surface area contributed by atoms with Gasteiger partial charge in [0.1, 0.15) is 41.3 Å². The fourth-order valence-corrected chi connectivity index (χ4v) is 12.3. The molecule has 0 bridgehead atoms. The van der Waals surface area contributed by atoms with E-state index in [-0.39, 0.29) is 73.0 Å².